The number of halogens is 1. The second-order valence-electron chi connectivity index (χ2n) is 5.28. The smallest absolute Gasteiger partial charge is 0.279 e. The van der Waals surface area contributed by atoms with Crippen molar-refractivity contribution in [2.75, 3.05) is 6.54 Å². The van der Waals surface area contributed by atoms with E-state index in [-0.39, 0.29) is 5.91 Å². The van der Waals surface area contributed by atoms with E-state index in [1.807, 2.05) is 36.4 Å². The number of carbonyl (C=O) groups excluding carboxylic acids is 1. The number of hydrogen-bond donors (Lipinski definition) is 2. The molecule has 0 amide bonds. The third-order valence-electron chi connectivity index (χ3n) is 3.97. The zero-order valence-corrected chi connectivity index (χ0v) is 12.9. The van der Waals surface area contributed by atoms with Gasteiger partial charge < -0.3 is 10.3 Å². The van der Waals surface area contributed by atoms with Crippen LogP contribution < -0.4 is 5.32 Å². The molecule has 0 aliphatic carbocycles. The molecule has 1 aliphatic rings. The lowest BCUT2D eigenvalue weighted by molar-refractivity contribution is 0.0950. The molecule has 1 aromatic carbocycles. The minimum atomic E-state index is -0.0128. The van der Waals surface area contributed by atoms with Crippen LogP contribution >= 0.6 is 15.9 Å². The Morgan fingerprint density at radius 2 is 2.10 bits per heavy atom. The first kappa shape index (κ1) is 12.9. The molecule has 0 saturated carbocycles. The van der Waals surface area contributed by atoms with Gasteiger partial charge in [-0.15, -0.1) is 0 Å². The number of nitrogens with zero attached hydrogens (tertiary/aromatic N) is 1. The van der Waals surface area contributed by atoms with E-state index < -0.39 is 0 Å². The van der Waals surface area contributed by atoms with Gasteiger partial charge in [-0.25, -0.2) is 0 Å². The average molecular weight is 344 g/mol. The van der Waals surface area contributed by atoms with Gasteiger partial charge in [0, 0.05) is 36.1 Å². The van der Waals surface area contributed by atoms with Crippen LogP contribution in [0.15, 0.2) is 41.0 Å². The maximum atomic E-state index is 12.9. The number of nitrogens with one attached hydrogen (secondary N) is 2. The Morgan fingerprint density at radius 1 is 1.24 bits per heavy atom. The second kappa shape index (κ2) is 4.86. The van der Waals surface area contributed by atoms with Crippen LogP contribution in [0.4, 0.5) is 0 Å². The van der Waals surface area contributed by atoms with Crippen molar-refractivity contribution in [1.82, 2.24) is 14.9 Å². The summed E-state index contributed by atoms with van der Waals surface area (Å²) in [6.45, 7) is 1.73. The van der Waals surface area contributed by atoms with E-state index >= 15 is 0 Å². The molecule has 5 heteroatoms. The molecule has 21 heavy (non-hydrogen) atoms. The molecule has 106 valence electrons. The summed E-state index contributed by atoms with van der Waals surface area (Å²) < 4.78 is 2.60. The van der Waals surface area contributed by atoms with Crippen LogP contribution in [0, 0.1) is 0 Å². The van der Waals surface area contributed by atoms with Crippen LogP contribution in [0.2, 0.25) is 0 Å². The Balaban J connectivity index is 1.82. The number of fused-ring (bicyclic) bond motifs is 2. The van der Waals surface area contributed by atoms with Gasteiger partial charge in [-0.2, -0.15) is 0 Å². The van der Waals surface area contributed by atoms with Crippen LogP contribution in [0.25, 0.3) is 10.9 Å². The first-order valence-corrected chi connectivity index (χ1v) is 7.75. The molecule has 3 aromatic rings. The van der Waals surface area contributed by atoms with Crippen LogP contribution in [0.1, 0.15) is 21.7 Å². The van der Waals surface area contributed by atoms with Crippen molar-refractivity contribution in [3.63, 3.8) is 0 Å². The van der Waals surface area contributed by atoms with E-state index in [1.54, 1.807) is 4.57 Å². The summed E-state index contributed by atoms with van der Waals surface area (Å²) in [6.07, 6.45) is 0.868. The lowest BCUT2D eigenvalue weighted by Crippen LogP contribution is -2.26. The Labute approximate surface area is 130 Å². The molecular weight excluding hydrogens is 330 g/mol. The highest BCUT2D eigenvalue weighted by Crippen LogP contribution is 2.25. The average Bonchev–Trinajstić information content (AvgIpc) is 3.06. The first-order chi connectivity index (χ1) is 10.2. The Hall–Kier alpha value is -1.85. The fraction of sp³-hybridized carbons (Fsp3) is 0.188. The number of carbonyl (C=O) groups is 1. The van der Waals surface area contributed by atoms with E-state index in [1.165, 1.54) is 5.56 Å². The largest absolute Gasteiger partial charge is 0.351 e. The van der Waals surface area contributed by atoms with Crippen molar-refractivity contribution in [1.29, 1.82) is 0 Å². The minimum absolute atomic E-state index is 0.0128. The van der Waals surface area contributed by atoms with Crippen LogP contribution in [0.3, 0.4) is 0 Å². The summed E-state index contributed by atoms with van der Waals surface area (Å²) in [7, 11) is 0. The molecule has 0 fully saturated rings. The molecule has 2 aromatic heterocycles. The lowest BCUT2D eigenvalue weighted by Gasteiger charge is -2.15. The number of hydrogen-bond acceptors (Lipinski definition) is 2. The van der Waals surface area contributed by atoms with E-state index in [0.29, 0.717) is 5.69 Å². The zero-order chi connectivity index (χ0) is 14.4. The molecule has 0 atom stereocenters. The van der Waals surface area contributed by atoms with E-state index in [9.17, 15) is 4.79 Å². The van der Waals surface area contributed by atoms with Crippen molar-refractivity contribution in [3.8, 4) is 0 Å². The minimum Gasteiger partial charge on any atom is -0.351 e. The molecule has 0 bridgehead atoms. The highest BCUT2D eigenvalue weighted by molar-refractivity contribution is 9.10. The molecule has 4 rings (SSSR count). The molecule has 0 unspecified atom stereocenters. The van der Waals surface area contributed by atoms with Crippen molar-refractivity contribution in [3.05, 3.63) is 58.0 Å². The molecule has 4 nitrogen and oxygen atoms in total. The van der Waals surface area contributed by atoms with Crippen molar-refractivity contribution < 1.29 is 4.79 Å². The number of benzene rings is 1. The summed E-state index contributed by atoms with van der Waals surface area (Å²) in [5.41, 5.74) is 3.90. The lowest BCUT2D eigenvalue weighted by atomic mass is 10.1. The SMILES string of the molecule is O=C(c1cc2ccccc2[nH]1)n1c(Br)cc2c1CCNC2. The summed E-state index contributed by atoms with van der Waals surface area (Å²) in [5.74, 6) is -0.0128. The van der Waals surface area contributed by atoms with E-state index in [2.05, 4.69) is 26.2 Å². The van der Waals surface area contributed by atoms with Crippen molar-refractivity contribution in [2.45, 2.75) is 13.0 Å². The maximum Gasteiger partial charge on any atom is 0.279 e. The molecular formula is C16H14BrN3O. The summed E-state index contributed by atoms with van der Waals surface area (Å²) >= 11 is 3.52. The van der Waals surface area contributed by atoms with Gasteiger partial charge in [-0.05, 0) is 39.7 Å². The van der Waals surface area contributed by atoms with Gasteiger partial charge in [-0.1, -0.05) is 18.2 Å². The number of aromatic nitrogens is 2. The van der Waals surface area contributed by atoms with Gasteiger partial charge >= 0.3 is 0 Å². The van der Waals surface area contributed by atoms with E-state index in [4.69, 9.17) is 0 Å². The summed E-state index contributed by atoms with van der Waals surface area (Å²) in [4.78, 5) is 16.1. The molecule has 0 saturated heterocycles. The molecule has 2 N–H and O–H groups in total. The molecule has 0 radical (unpaired) electrons. The summed E-state index contributed by atoms with van der Waals surface area (Å²) in [5, 5.41) is 4.38. The fourth-order valence-electron chi connectivity index (χ4n) is 2.95. The van der Waals surface area contributed by atoms with Gasteiger partial charge in [0.2, 0.25) is 0 Å². The van der Waals surface area contributed by atoms with Gasteiger partial charge in [0.25, 0.3) is 5.91 Å². The highest BCUT2D eigenvalue weighted by Gasteiger charge is 2.22. The maximum absolute atomic E-state index is 12.9. The third-order valence-corrected chi connectivity index (χ3v) is 4.55. The van der Waals surface area contributed by atoms with Crippen molar-refractivity contribution in [2.24, 2.45) is 0 Å². The van der Waals surface area contributed by atoms with Gasteiger partial charge in [0.05, 0.1) is 4.60 Å². The highest BCUT2D eigenvalue weighted by atomic mass is 79.9. The fourth-order valence-corrected chi connectivity index (χ4v) is 3.60. The monoisotopic (exact) mass is 343 g/mol. The number of para-hydroxylation sites is 1. The van der Waals surface area contributed by atoms with Crippen LogP contribution in [-0.2, 0) is 13.0 Å². The molecule has 0 spiro atoms. The third kappa shape index (κ3) is 2.04. The standard InChI is InChI=1S/C16H14BrN3O/c17-15-8-11-9-18-6-5-14(11)20(15)16(21)13-7-10-3-1-2-4-12(10)19-13/h1-4,7-8,18-19H,5-6,9H2. The Bertz CT molecular complexity index is 813. The van der Waals surface area contributed by atoms with Gasteiger partial charge in [0.15, 0.2) is 0 Å². The topological polar surface area (TPSA) is 49.8 Å². The van der Waals surface area contributed by atoms with Crippen LogP contribution in [-0.4, -0.2) is 22.0 Å². The first-order valence-electron chi connectivity index (χ1n) is 6.96. The molecule has 3 heterocycles. The Kier molecular flexibility index (Phi) is 2.97. The quantitative estimate of drug-likeness (QED) is 0.713. The van der Waals surface area contributed by atoms with Crippen molar-refractivity contribution >= 4 is 32.7 Å². The van der Waals surface area contributed by atoms with E-state index in [0.717, 1.165) is 40.7 Å². The van der Waals surface area contributed by atoms with Crippen LogP contribution in [0.5, 0.6) is 0 Å². The summed E-state index contributed by atoms with van der Waals surface area (Å²) in [6, 6.07) is 11.9. The molecule has 1 aliphatic heterocycles. The second-order valence-corrected chi connectivity index (χ2v) is 6.09. The predicted octanol–water partition coefficient (Wildman–Crippen LogP) is 3.07. The Morgan fingerprint density at radius 3 is 2.95 bits per heavy atom. The predicted molar refractivity (Wildman–Crippen MR) is 85.6 cm³/mol. The van der Waals surface area contributed by atoms with Gasteiger partial charge in [-0.3, -0.25) is 9.36 Å². The normalized spacial score (nSPS) is 14.3. The van der Waals surface area contributed by atoms with Gasteiger partial charge in [0.1, 0.15) is 5.69 Å². The zero-order valence-electron chi connectivity index (χ0n) is 11.3. The number of H-pyrrole nitrogens is 1. The number of rotatable bonds is 1. The number of aromatic amines is 1.